The number of aliphatic hydroxyl groups is 2. The van der Waals surface area contributed by atoms with Crippen LogP contribution < -0.4 is 9.47 Å². The van der Waals surface area contributed by atoms with Crippen LogP contribution in [0, 0.1) is 5.92 Å². The summed E-state index contributed by atoms with van der Waals surface area (Å²) in [7, 11) is 0. The van der Waals surface area contributed by atoms with E-state index < -0.39 is 23.8 Å². The Balaban J connectivity index is 1.51. The van der Waals surface area contributed by atoms with Crippen molar-refractivity contribution in [2.45, 2.75) is 62.9 Å². The number of carbonyl (C=O) groups is 1. The first-order valence-electron chi connectivity index (χ1n) is 11.0. The molecule has 2 aliphatic rings. The summed E-state index contributed by atoms with van der Waals surface area (Å²) in [5.74, 6) is 0.344. The molecule has 0 spiro atoms. The predicted octanol–water partition coefficient (Wildman–Crippen LogP) is 3.70. The molecule has 32 heavy (non-hydrogen) atoms. The molecular weight excluding hydrogens is 408 g/mol. The third-order valence-electron chi connectivity index (χ3n) is 6.45. The largest absolute Gasteiger partial charge is 0.489 e. The number of aliphatic hydroxyl groups excluding tert-OH is 2. The average Bonchev–Trinajstić information content (AvgIpc) is 3.25. The lowest BCUT2D eigenvalue weighted by atomic mass is 9.86. The second-order valence-electron chi connectivity index (χ2n) is 9.14. The Bertz CT molecular complexity index is 983. The summed E-state index contributed by atoms with van der Waals surface area (Å²) in [6.07, 6.45) is 2.90. The van der Waals surface area contributed by atoms with Crippen molar-refractivity contribution in [1.29, 1.82) is 0 Å². The molecule has 0 radical (unpaired) electrons. The van der Waals surface area contributed by atoms with Crippen LogP contribution in [0.3, 0.4) is 0 Å². The highest BCUT2D eigenvalue weighted by molar-refractivity contribution is 5.67. The zero-order chi connectivity index (χ0) is 22.9. The van der Waals surface area contributed by atoms with Crippen LogP contribution in [-0.2, 0) is 11.2 Å². The van der Waals surface area contributed by atoms with Crippen LogP contribution in [0.1, 0.15) is 43.7 Å². The number of rotatable bonds is 8. The van der Waals surface area contributed by atoms with Gasteiger partial charge < -0.3 is 24.8 Å². The highest BCUT2D eigenvalue weighted by Crippen LogP contribution is 2.52. The van der Waals surface area contributed by atoms with Gasteiger partial charge in [0.2, 0.25) is 0 Å². The Morgan fingerprint density at radius 3 is 2.69 bits per heavy atom. The van der Waals surface area contributed by atoms with Gasteiger partial charge in [-0.05, 0) is 38.0 Å². The van der Waals surface area contributed by atoms with Crippen molar-refractivity contribution in [2.24, 2.45) is 5.92 Å². The maximum absolute atomic E-state index is 11.0. The Hall–Kier alpha value is -2.83. The summed E-state index contributed by atoms with van der Waals surface area (Å²) in [5.41, 5.74) is 1.03. The van der Waals surface area contributed by atoms with Crippen LogP contribution in [0.4, 0.5) is 0 Å². The zero-order valence-electron chi connectivity index (χ0n) is 18.3. The second-order valence-corrected chi connectivity index (χ2v) is 9.14. The van der Waals surface area contributed by atoms with Crippen LogP contribution in [0.5, 0.6) is 11.5 Å². The average molecular weight is 439 g/mol. The van der Waals surface area contributed by atoms with Gasteiger partial charge in [0, 0.05) is 30.2 Å². The van der Waals surface area contributed by atoms with Crippen molar-refractivity contribution in [3.05, 3.63) is 71.8 Å². The summed E-state index contributed by atoms with van der Waals surface area (Å²) in [6.45, 7) is 3.65. The van der Waals surface area contributed by atoms with Gasteiger partial charge in [0.15, 0.2) is 0 Å². The molecule has 5 atom stereocenters. The van der Waals surface area contributed by atoms with Crippen molar-refractivity contribution < 1.29 is 29.6 Å². The summed E-state index contributed by atoms with van der Waals surface area (Å²) in [5, 5.41) is 30.5. The topological polar surface area (TPSA) is 96.2 Å². The Kier molecular flexibility index (Phi) is 6.26. The van der Waals surface area contributed by atoms with Crippen LogP contribution in [0.25, 0.3) is 0 Å². The standard InChI is InChI=1S/C26H30O6/c1-26(2,32-17-8-4-3-5-9-17)22(28)13-12-18-20(27)15-21-24(18)19-10-6-7-16(25(19)31-21)11-14-23(29)30/h3-10,12-13,18,20-22,24,27-28H,11,14-15H2,1-2H3,(H,29,30)/b13-12+/t18-,20?,21?,22?,24?/m0/s1. The summed E-state index contributed by atoms with van der Waals surface area (Å²) >= 11 is 0. The molecule has 4 rings (SSSR count). The van der Waals surface area contributed by atoms with E-state index in [4.69, 9.17) is 14.6 Å². The molecular formula is C26H30O6. The van der Waals surface area contributed by atoms with E-state index in [9.17, 15) is 15.0 Å². The van der Waals surface area contributed by atoms with Gasteiger partial charge in [-0.1, -0.05) is 48.6 Å². The van der Waals surface area contributed by atoms with Crippen LogP contribution >= 0.6 is 0 Å². The highest BCUT2D eigenvalue weighted by atomic mass is 16.5. The maximum atomic E-state index is 11.0. The van der Waals surface area contributed by atoms with E-state index in [0.29, 0.717) is 18.6 Å². The lowest BCUT2D eigenvalue weighted by molar-refractivity contribution is -0.136. The molecule has 1 heterocycles. The molecule has 2 aromatic carbocycles. The number of fused-ring (bicyclic) bond motifs is 3. The minimum Gasteiger partial charge on any atom is -0.489 e. The van der Waals surface area contributed by atoms with Gasteiger partial charge in [0.05, 0.1) is 6.10 Å². The molecule has 4 unspecified atom stereocenters. The molecule has 0 aromatic heterocycles. The number of ether oxygens (including phenoxy) is 2. The zero-order valence-corrected chi connectivity index (χ0v) is 18.3. The summed E-state index contributed by atoms with van der Waals surface area (Å²) in [6, 6.07) is 15.2. The second kappa shape index (κ2) is 8.96. The van der Waals surface area contributed by atoms with Crippen molar-refractivity contribution in [3.8, 4) is 11.5 Å². The highest BCUT2D eigenvalue weighted by Gasteiger charge is 2.49. The van der Waals surface area contributed by atoms with Crippen molar-refractivity contribution in [2.75, 3.05) is 0 Å². The number of carboxylic acid groups (broad SMARTS) is 1. The van der Waals surface area contributed by atoms with Crippen LogP contribution in [0.2, 0.25) is 0 Å². The van der Waals surface area contributed by atoms with E-state index >= 15 is 0 Å². The number of hydrogen-bond donors (Lipinski definition) is 3. The number of benzene rings is 2. The lowest BCUT2D eigenvalue weighted by Gasteiger charge is -2.30. The van der Waals surface area contributed by atoms with Crippen molar-refractivity contribution >= 4 is 5.97 Å². The molecule has 1 saturated carbocycles. The van der Waals surface area contributed by atoms with Crippen molar-refractivity contribution in [1.82, 2.24) is 0 Å². The monoisotopic (exact) mass is 438 g/mol. The Labute approximate surface area is 188 Å². The number of hydrogen-bond acceptors (Lipinski definition) is 5. The fourth-order valence-electron chi connectivity index (χ4n) is 4.72. The minimum absolute atomic E-state index is 0.0358. The van der Waals surface area contributed by atoms with Crippen molar-refractivity contribution in [3.63, 3.8) is 0 Å². The van der Waals surface area contributed by atoms with E-state index in [1.165, 1.54) is 0 Å². The number of aryl methyl sites for hydroxylation is 1. The van der Waals surface area contributed by atoms with Gasteiger partial charge >= 0.3 is 5.97 Å². The predicted molar refractivity (Wildman–Crippen MR) is 120 cm³/mol. The molecule has 1 fully saturated rings. The van der Waals surface area contributed by atoms with E-state index in [1.54, 1.807) is 6.08 Å². The Morgan fingerprint density at radius 2 is 1.97 bits per heavy atom. The number of para-hydroxylation sites is 2. The SMILES string of the molecule is CC(C)(Oc1ccccc1)C(O)/C=C/[C@H]1C(O)CC2Oc3c(CCC(=O)O)cccc3C21. The first-order valence-corrected chi connectivity index (χ1v) is 11.0. The van der Waals surface area contributed by atoms with Gasteiger partial charge in [-0.2, -0.15) is 0 Å². The third-order valence-corrected chi connectivity index (χ3v) is 6.45. The van der Waals surface area contributed by atoms with E-state index in [1.807, 2.05) is 68.5 Å². The van der Waals surface area contributed by atoms with E-state index in [-0.39, 0.29) is 24.4 Å². The summed E-state index contributed by atoms with van der Waals surface area (Å²) in [4.78, 5) is 11.0. The first kappa shape index (κ1) is 22.4. The Morgan fingerprint density at radius 1 is 1.22 bits per heavy atom. The number of carboxylic acids is 1. The van der Waals surface area contributed by atoms with Gasteiger partial charge in [-0.15, -0.1) is 0 Å². The first-order chi connectivity index (χ1) is 15.3. The molecule has 1 aliphatic carbocycles. The van der Waals surface area contributed by atoms with E-state index in [2.05, 4.69) is 0 Å². The number of aliphatic carboxylic acids is 1. The molecule has 6 nitrogen and oxygen atoms in total. The molecule has 170 valence electrons. The molecule has 6 heteroatoms. The van der Waals surface area contributed by atoms with Gasteiger partial charge in [0.25, 0.3) is 0 Å². The third kappa shape index (κ3) is 4.52. The molecule has 0 saturated heterocycles. The van der Waals surface area contributed by atoms with Gasteiger partial charge in [0.1, 0.15) is 29.3 Å². The fraction of sp³-hybridized carbons (Fsp3) is 0.423. The van der Waals surface area contributed by atoms with Gasteiger partial charge in [-0.25, -0.2) is 0 Å². The smallest absolute Gasteiger partial charge is 0.303 e. The normalized spacial score (nSPS) is 25.2. The van der Waals surface area contributed by atoms with E-state index in [0.717, 1.165) is 16.9 Å². The molecule has 1 aliphatic heterocycles. The molecule has 0 bridgehead atoms. The van der Waals surface area contributed by atoms with Crippen LogP contribution in [0.15, 0.2) is 60.7 Å². The molecule has 2 aromatic rings. The molecule has 3 N–H and O–H groups in total. The van der Waals surface area contributed by atoms with Crippen LogP contribution in [-0.4, -0.2) is 45.2 Å². The molecule has 0 amide bonds. The lowest BCUT2D eigenvalue weighted by Crippen LogP contribution is -2.41. The quantitative estimate of drug-likeness (QED) is 0.544. The minimum atomic E-state index is -0.877. The maximum Gasteiger partial charge on any atom is 0.303 e. The fourth-order valence-corrected chi connectivity index (χ4v) is 4.72. The van der Waals surface area contributed by atoms with Gasteiger partial charge in [-0.3, -0.25) is 4.79 Å². The summed E-state index contributed by atoms with van der Waals surface area (Å²) < 4.78 is 12.1.